The van der Waals surface area contributed by atoms with E-state index in [1.54, 1.807) is 16.8 Å². The first kappa shape index (κ1) is 20.8. The second-order valence-corrected chi connectivity index (χ2v) is 7.74. The number of fused-ring (bicyclic) bond motifs is 1. The van der Waals surface area contributed by atoms with Crippen LogP contribution in [0.3, 0.4) is 0 Å². The maximum atomic E-state index is 13.3. The number of benzene rings is 2. The fraction of sp³-hybridized carbons (Fsp3) is 0.292. The van der Waals surface area contributed by atoms with Gasteiger partial charge in [-0.2, -0.15) is 5.10 Å². The number of rotatable bonds is 5. The Bertz CT molecular complexity index is 1140. The van der Waals surface area contributed by atoms with Crippen molar-refractivity contribution in [3.05, 3.63) is 76.4 Å². The summed E-state index contributed by atoms with van der Waals surface area (Å²) in [6.45, 7) is 3.49. The van der Waals surface area contributed by atoms with Gasteiger partial charge in [-0.1, -0.05) is 12.1 Å². The zero-order chi connectivity index (χ0) is 22.0. The molecule has 0 atom stereocenters. The van der Waals surface area contributed by atoms with Gasteiger partial charge in [0.1, 0.15) is 5.82 Å². The summed E-state index contributed by atoms with van der Waals surface area (Å²) in [7, 11) is 0. The average molecular weight is 421 g/mol. The quantitative estimate of drug-likeness (QED) is 0.624. The van der Waals surface area contributed by atoms with Gasteiger partial charge in [0.2, 0.25) is 0 Å². The molecule has 1 N–H and O–H groups in total. The van der Waals surface area contributed by atoms with Crippen molar-refractivity contribution in [3.63, 3.8) is 0 Å². The van der Waals surface area contributed by atoms with Gasteiger partial charge in [0, 0.05) is 16.9 Å². The first-order chi connectivity index (χ1) is 14.9. The predicted molar refractivity (Wildman–Crippen MR) is 115 cm³/mol. The Morgan fingerprint density at radius 3 is 2.61 bits per heavy atom. The molecule has 0 fully saturated rings. The Balaban J connectivity index is 1.50. The second-order valence-electron chi connectivity index (χ2n) is 7.74. The summed E-state index contributed by atoms with van der Waals surface area (Å²) in [5.41, 5.74) is 5.41. The summed E-state index contributed by atoms with van der Waals surface area (Å²) >= 11 is 0. The van der Waals surface area contributed by atoms with Gasteiger partial charge >= 0.3 is 5.97 Å². The molecule has 1 aliphatic rings. The van der Waals surface area contributed by atoms with Crippen molar-refractivity contribution in [1.82, 2.24) is 9.78 Å². The van der Waals surface area contributed by atoms with Crippen LogP contribution in [0.4, 0.5) is 10.1 Å². The normalized spacial score (nSPS) is 12.9. The summed E-state index contributed by atoms with van der Waals surface area (Å²) in [5.74, 6) is -1.37. The van der Waals surface area contributed by atoms with Crippen molar-refractivity contribution in [2.24, 2.45) is 0 Å². The average Bonchev–Trinajstić information content (AvgIpc) is 3.16. The van der Waals surface area contributed by atoms with Gasteiger partial charge in [0.25, 0.3) is 5.91 Å². The van der Waals surface area contributed by atoms with E-state index in [-0.39, 0.29) is 11.5 Å². The predicted octanol–water partition coefficient (Wildman–Crippen LogP) is 4.30. The van der Waals surface area contributed by atoms with E-state index in [1.165, 1.54) is 12.1 Å². The molecule has 3 aromatic rings. The third kappa shape index (κ3) is 4.35. The minimum atomic E-state index is -0.630. The molecule has 0 spiro atoms. The number of hydrogen-bond acceptors (Lipinski definition) is 4. The monoisotopic (exact) mass is 421 g/mol. The number of carbonyl (C=O) groups is 2. The number of hydrogen-bond donors (Lipinski definition) is 1. The van der Waals surface area contributed by atoms with Crippen molar-refractivity contribution in [2.75, 3.05) is 11.9 Å². The minimum Gasteiger partial charge on any atom is -0.451 e. The molecule has 160 valence electrons. The largest absolute Gasteiger partial charge is 0.451 e. The van der Waals surface area contributed by atoms with Crippen LogP contribution in [0.1, 0.15) is 45.7 Å². The van der Waals surface area contributed by atoms with E-state index in [1.807, 2.05) is 32.0 Å². The summed E-state index contributed by atoms with van der Waals surface area (Å²) in [4.78, 5) is 25.1. The van der Waals surface area contributed by atoms with Crippen LogP contribution in [0.25, 0.3) is 5.69 Å². The van der Waals surface area contributed by atoms with Gasteiger partial charge in [0.15, 0.2) is 12.3 Å². The lowest BCUT2D eigenvalue weighted by Crippen LogP contribution is -2.22. The number of nitrogens with zero attached hydrogens (tertiary/aromatic N) is 2. The highest BCUT2D eigenvalue weighted by Crippen LogP contribution is 2.27. The Hall–Kier alpha value is -3.48. The lowest BCUT2D eigenvalue weighted by atomic mass is 9.95. The minimum absolute atomic E-state index is 0.221. The van der Waals surface area contributed by atoms with Crippen molar-refractivity contribution < 1.29 is 18.7 Å². The smallest absolute Gasteiger partial charge is 0.359 e. The number of anilines is 1. The number of carbonyl (C=O) groups excluding carboxylic acids is 2. The van der Waals surface area contributed by atoms with Crippen LogP contribution in [-0.4, -0.2) is 28.3 Å². The zero-order valence-corrected chi connectivity index (χ0v) is 17.6. The Kier molecular flexibility index (Phi) is 5.84. The number of aryl methyl sites for hydroxylation is 1. The topological polar surface area (TPSA) is 73.2 Å². The summed E-state index contributed by atoms with van der Waals surface area (Å²) in [5, 5.41) is 7.25. The molecular formula is C24H24FN3O3. The summed E-state index contributed by atoms with van der Waals surface area (Å²) in [6.07, 6.45) is 3.44. The van der Waals surface area contributed by atoms with E-state index in [2.05, 4.69) is 10.4 Å². The van der Waals surface area contributed by atoms with E-state index >= 15 is 0 Å². The molecule has 0 aliphatic heterocycles. The van der Waals surface area contributed by atoms with Crippen molar-refractivity contribution in [1.29, 1.82) is 0 Å². The number of aromatic nitrogens is 2. The third-order valence-corrected chi connectivity index (χ3v) is 5.66. The van der Waals surface area contributed by atoms with Crippen LogP contribution in [0.5, 0.6) is 0 Å². The van der Waals surface area contributed by atoms with E-state index in [4.69, 9.17) is 4.74 Å². The van der Waals surface area contributed by atoms with Gasteiger partial charge in [-0.25, -0.2) is 13.9 Å². The number of esters is 1. The summed E-state index contributed by atoms with van der Waals surface area (Å²) < 4.78 is 20.3. The Labute approximate surface area is 180 Å². The zero-order valence-electron chi connectivity index (χ0n) is 17.6. The second kappa shape index (κ2) is 8.71. The molecule has 0 saturated heterocycles. The molecule has 31 heavy (non-hydrogen) atoms. The van der Waals surface area contributed by atoms with Crippen LogP contribution in [0, 0.1) is 19.7 Å². The molecule has 2 aromatic carbocycles. The van der Waals surface area contributed by atoms with Gasteiger partial charge in [-0.05, 0) is 81.0 Å². The van der Waals surface area contributed by atoms with Crippen molar-refractivity contribution in [3.8, 4) is 5.69 Å². The maximum Gasteiger partial charge on any atom is 0.359 e. The van der Waals surface area contributed by atoms with E-state index in [0.29, 0.717) is 11.4 Å². The Morgan fingerprint density at radius 2 is 1.84 bits per heavy atom. The lowest BCUT2D eigenvalue weighted by Gasteiger charge is -2.14. The highest BCUT2D eigenvalue weighted by atomic mass is 19.1. The standard InChI is InChI=1S/C24H24FN3O3/c1-15-6-5-8-20(16(15)2)26-22(29)14-31-24(30)23-19-7-3-4-9-21(19)28(27-23)18-12-10-17(25)11-13-18/h5-6,8,10-13H,3-4,7,9,14H2,1-2H3,(H,26,29). The van der Waals surface area contributed by atoms with Gasteiger partial charge in [0.05, 0.1) is 5.69 Å². The molecule has 0 bridgehead atoms. The fourth-order valence-corrected chi connectivity index (χ4v) is 3.83. The third-order valence-electron chi connectivity index (χ3n) is 5.66. The molecule has 7 heteroatoms. The molecule has 0 unspecified atom stereocenters. The number of amides is 1. The van der Waals surface area contributed by atoms with Crippen molar-refractivity contribution >= 4 is 17.6 Å². The fourth-order valence-electron chi connectivity index (χ4n) is 3.83. The van der Waals surface area contributed by atoms with Crippen LogP contribution in [0.2, 0.25) is 0 Å². The van der Waals surface area contributed by atoms with Crippen molar-refractivity contribution in [2.45, 2.75) is 39.5 Å². The first-order valence-electron chi connectivity index (χ1n) is 10.3. The maximum absolute atomic E-state index is 13.3. The van der Waals surface area contributed by atoms with Gasteiger partial charge < -0.3 is 10.1 Å². The van der Waals surface area contributed by atoms with Crippen LogP contribution in [-0.2, 0) is 22.4 Å². The Morgan fingerprint density at radius 1 is 1.10 bits per heavy atom. The van der Waals surface area contributed by atoms with Crippen LogP contribution >= 0.6 is 0 Å². The first-order valence-corrected chi connectivity index (χ1v) is 10.3. The SMILES string of the molecule is Cc1cccc(NC(=O)COC(=O)c2nn(-c3ccc(F)cc3)c3c2CCCC3)c1C. The molecule has 1 aromatic heterocycles. The molecule has 6 nitrogen and oxygen atoms in total. The molecular weight excluding hydrogens is 397 g/mol. The molecule has 0 radical (unpaired) electrons. The number of halogens is 1. The van der Waals surface area contributed by atoms with E-state index < -0.39 is 18.5 Å². The van der Waals surface area contributed by atoms with Gasteiger partial charge in [-0.3, -0.25) is 4.79 Å². The van der Waals surface area contributed by atoms with E-state index in [0.717, 1.165) is 48.1 Å². The lowest BCUT2D eigenvalue weighted by molar-refractivity contribution is -0.119. The summed E-state index contributed by atoms with van der Waals surface area (Å²) in [6, 6.07) is 11.6. The number of nitrogens with one attached hydrogen (secondary N) is 1. The number of ether oxygens (including phenoxy) is 1. The molecule has 1 heterocycles. The van der Waals surface area contributed by atoms with Crippen LogP contribution in [0.15, 0.2) is 42.5 Å². The molecule has 1 amide bonds. The van der Waals surface area contributed by atoms with Crippen LogP contribution < -0.4 is 5.32 Å². The molecule has 0 saturated carbocycles. The highest BCUT2D eigenvalue weighted by molar-refractivity contribution is 5.96. The van der Waals surface area contributed by atoms with Gasteiger partial charge in [-0.15, -0.1) is 0 Å². The molecule has 4 rings (SSSR count). The highest BCUT2D eigenvalue weighted by Gasteiger charge is 2.27. The van der Waals surface area contributed by atoms with E-state index in [9.17, 15) is 14.0 Å². The molecule has 1 aliphatic carbocycles.